The predicted molar refractivity (Wildman–Crippen MR) is 65.8 cm³/mol. The summed E-state index contributed by atoms with van der Waals surface area (Å²) >= 11 is 0. The summed E-state index contributed by atoms with van der Waals surface area (Å²) in [7, 11) is 1.61. The van der Waals surface area contributed by atoms with Crippen LogP contribution in [0.2, 0.25) is 0 Å². The summed E-state index contributed by atoms with van der Waals surface area (Å²) in [5.74, 6) is 0.700. The fourth-order valence-electron chi connectivity index (χ4n) is 1.70. The lowest BCUT2D eigenvalue weighted by atomic mass is 10.0. The maximum atomic E-state index is 6.18. The summed E-state index contributed by atoms with van der Waals surface area (Å²) in [5.41, 5.74) is 9.01. The van der Waals surface area contributed by atoms with Crippen LogP contribution in [0.5, 0.6) is 5.75 Å². The van der Waals surface area contributed by atoms with E-state index in [1.807, 2.05) is 25.1 Å². The van der Waals surface area contributed by atoms with Crippen molar-refractivity contribution in [3.63, 3.8) is 0 Å². The van der Waals surface area contributed by atoms with E-state index in [4.69, 9.17) is 10.5 Å². The van der Waals surface area contributed by atoms with Crippen LogP contribution in [-0.2, 0) is 0 Å². The lowest BCUT2D eigenvalue weighted by Gasteiger charge is -2.14. The molecule has 0 radical (unpaired) electrons. The van der Waals surface area contributed by atoms with Crippen molar-refractivity contribution in [3.8, 4) is 5.75 Å². The summed E-state index contributed by atoms with van der Waals surface area (Å²) in [6.07, 6.45) is 5.14. The van der Waals surface area contributed by atoms with Crippen LogP contribution in [0.3, 0.4) is 0 Å². The van der Waals surface area contributed by atoms with Crippen molar-refractivity contribution in [2.75, 3.05) is 7.11 Å². The van der Waals surface area contributed by atoms with Crippen LogP contribution in [0.25, 0.3) is 0 Å². The molecule has 88 valence electrons. The molecule has 0 aliphatic heterocycles. The number of aryl methyl sites for hydroxylation is 1. The highest BCUT2D eigenvalue weighted by atomic mass is 16.5. The number of nitrogens with zero attached hydrogens (tertiary/aromatic N) is 2. The summed E-state index contributed by atoms with van der Waals surface area (Å²) < 4.78 is 5.13. The number of hydrogen-bond acceptors (Lipinski definition) is 4. The second-order valence-corrected chi connectivity index (χ2v) is 3.84. The quantitative estimate of drug-likeness (QED) is 0.872. The van der Waals surface area contributed by atoms with Gasteiger partial charge in [0.25, 0.3) is 0 Å². The fourth-order valence-corrected chi connectivity index (χ4v) is 1.70. The molecule has 4 heteroatoms. The van der Waals surface area contributed by atoms with Gasteiger partial charge in [0, 0.05) is 12.4 Å². The molecule has 0 aliphatic rings. The second kappa shape index (κ2) is 4.93. The molecule has 0 fully saturated rings. The Kier molecular flexibility index (Phi) is 3.35. The Morgan fingerprint density at radius 1 is 1.35 bits per heavy atom. The zero-order valence-corrected chi connectivity index (χ0v) is 9.92. The maximum Gasteiger partial charge on any atom is 0.137 e. The molecule has 0 spiro atoms. The summed E-state index contributed by atoms with van der Waals surface area (Å²) in [4.78, 5) is 8.42. The van der Waals surface area contributed by atoms with Crippen LogP contribution in [0.4, 0.5) is 0 Å². The summed E-state index contributed by atoms with van der Waals surface area (Å²) in [6.45, 7) is 2.00. The van der Waals surface area contributed by atoms with E-state index in [9.17, 15) is 0 Å². The smallest absolute Gasteiger partial charge is 0.137 e. The molecule has 2 N–H and O–H groups in total. The Labute approximate surface area is 100 Å². The van der Waals surface area contributed by atoms with E-state index in [0.717, 1.165) is 16.8 Å². The summed E-state index contributed by atoms with van der Waals surface area (Å²) in [5, 5.41) is 0. The van der Waals surface area contributed by atoms with Crippen LogP contribution in [0.15, 0.2) is 36.8 Å². The van der Waals surface area contributed by atoms with Crippen LogP contribution in [0.1, 0.15) is 22.9 Å². The molecule has 0 aliphatic carbocycles. The molecule has 1 atom stereocenters. The van der Waals surface area contributed by atoms with Gasteiger partial charge in [0.2, 0.25) is 0 Å². The average Bonchev–Trinajstić information content (AvgIpc) is 2.38. The first-order valence-electron chi connectivity index (χ1n) is 5.38. The molecule has 0 saturated carbocycles. The van der Waals surface area contributed by atoms with E-state index in [0.29, 0.717) is 5.75 Å². The molecule has 1 unspecified atom stereocenters. The van der Waals surface area contributed by atoms with Gasteiger partial charge in [0.1, 0.15) is 5.75 Å². The Morgan fingerprint density at radius 2 is 2.18 bits per heavy atom. The number of methoxy groups -OCH3 is 1. The standard InChI is InChI=1S/C13H15N3O/c1-9-4-3-5-16-13(9)12(14)10-6-11(17-2)8-15-7-10/h3-8,12H,14H2,1-2H3. The highest BCUT2D eigenvalue weighted by Crippen LogP contribution is 2.22. The third kappa shape index (κ3) is 2.42. The van der Waals surface area contributed by atoms with Crippen LogP contribution < -0.4 is 10.5 Å². The second-order valence-electron chi connectivity index (χ2n) is 3.84. The molecule has 2 aromatic rings. The third-order valence-corrected chi connectivity index (χ3v) is 2.67. The fraction of sp³-hybridized carbons (Fsp3) is 0.231. The van der Waals surface area contributed by atoms with E-state index in [1.54, 1.807) is 25.7 Å². The average molecular weight is 229 g/mol. The van der Waals surface area contributed by atoms with Gasteiger partial charge < -0.3 is 10.5 Å². The summed E-state index contributed by atoms with van der Waals surface area (Å²) in [6, 6.07) is 5.50. The highest BCUT2D eigenvalue weighted by molar-refractivity contribution is 5.33. The van der Waals surface area contributed by atoms with E-state index in [-0.39, 0.29) is 6.04 Å². The van der Waals surface area contributed by atoms with Gasteiger partial charge in [-0.15, -0.1) is 0 Å². The molecular formula is C13H15N3O. The van der Waals surface area contributed by atoms with E-state index in [1.165, 1.54) is 0 Å². The molecule has 0 saturated heterocycles. The van der Waals surface area contributed by atoms with Crippen molar-refractivity contribution >= 4 is 0 Å². The Balaban J connectivity index is 2.37. The number of pyridine rings is 2. The molecule has 2 heterocycles. The first-order chi connectivity index (χ1) is 8.22. The Hall–Kier alpha value is -1.94. The van der Waals surface area contributed by atoms with Gasteiger partial charge in [-0.25, -0.2) is 0 Å². The van der Waals surface area contributed by atoms with E-state index >= 15 is 0 Å². The number of aromatic nitrogens is 2. The minimum atomic E-state index is -0.279. The zero-order valence-electron chi connectivity index (χ0n) is 9.92. The molecule has 4 nitrogen and oxygen atoms in total. The van der Waals surface area contributed by atoms with Crippen molar-refractivity contribution in [2.24, 2.45) is 5.73 Å². The topological polar surface area (TPSA) is 61.0 Å². The van der Waals surface area contributed by atoms with Crippen LogP contribution >= 0.6 is 0 Å². The monoisotopic (exact) mass is 229 g/mol. The van der Waals surface area contributed by atoms with Gasteiger partial charge in [-0.1, -0.05) is 6.07 Å². The number of rotatable bonds is 3. The normalized spacial score (nSPS) is 12.2. The molecule has 0 bridgehead atoms. The molecule has 2 aromatic heterocycles. The van der Waals surface area contributed by atoms with Crippen molar-refractivity contribution in [1.82, 2.24) is 9.97 Å². The predicted octanol–water partition coefficient (Wildman–Crippen LogP) is 1.84. The first-order valence-corrected chi connectivity index (χ1v) is 5.38. The number of ether oxygens (including phenoxy) is 1. The molecule has 0 aromatic carbocycles. The Bertz CT molecular complexity index is 514. The van der Waals surface area contributed by atoms with Gasteiger partial charge in [-0.2, -0.15) is 0 Å². The SMILES string of the molecule is COc1cncc(C(N)c2ncccc2C)c1. The van der Waals surface area contributed by atoms with Gasteiger partial charge >= 0.3 is 0 Å². The van der Waals surface area contributed by atoms with Crippen LogP contribution in [0, 0.1) is 6.92 Å². The van der Waals surface area contributed by atoms with Crippen LogP contribution in [-0.4, -0.2) is 17.1 Å². The highest BCUT2D eigenvalue weighted by Gasteiger charge is 2.13. The maximum absolute atomic E-state index is 6.18. The Morgan fingerprint density at radius 3 is 2.88 bits per heavy atom. The molecule has 2 rings (SSSR count). The number of nitrogens with two attached hydrogens (primary N) is 1. The first kappa shape index (κ1) is 11.5. The minimum Gasteiger partial charge on any atom is -0.495 e. The third-order valence-electron chi connectivity index (χ3n) is 2.67. The zero-order chi connectivity index (χ0) is 12.3. The van der Waals surface area contributed by atoms with E-state index < -0.39 is 0 Å². The van der Waals surface area contributed by atoms with Crippen molar-refractivity contribution in [1.29, 1.82) is 0 Å². The van der Waals surface area contributed by atoms with Gasteiger partial charge in [-0.3, -0.25) is 9.97 Å². The van der Waals surface area contributed by atoms with E-state index in [2.05, 4.69) is 9.97 Å². The van der Waals surface area contributed by atoms with Gasteiger partial charge in [0.15, 0.2) is 0 Å². The largest absolute Gasteiger partial charge is 0.495 e. The lowest BCUT2D eigenvalue weighted by molar-refractivity contribution is 0.412. The van der Waals surface area contributed by atoms with Gasteiger partial charge in [0.05, 0.1) is 25.0 Å². The molecular weight excluding hydrogens is 214 g/mol. The lowest BCUT2D eigenvalue weighted by Crippen LogP contribution is -2.15. The van der Waals surface area contributed by atoms with Crippen molar-refractivity contribution < 1.29 is 4.74 Å². The van der Waals surface area contributed by atoms with Gasteiger partial charge in [-0.05, 0) is 30.2 Å². The minimum absolute atomic E-state index is 0.279. The molecule has 0 amide bonds. The van der Waals surface area contributed by atoms with Crippen molar-refractivity contribution in [2.45, 2.75) is 13.0 Å². The molecule has 17 heavy (non-hydrogen) atoms. The number of hydrogen-bond donors (Lipinski definition) is 1. The van der Waals surface area contributed by atoms with Crippen molar-refractivity contribution in [3.05, 3.63) is 53.6 Å².